The van der Waals surface area contributed by atoms with Gasteiger partial charge in [0, 0.05) is 36.6 Å². The summed E-state index contributed by atoms with van der Waals surface area (Å²) in [5, 5.41) is 3.19. The van der Waals surface area contributed by atoms with Gasteiger partial charge >= 0.3 is 0 Å². The van der Waals surface area contributed by atoms with Crippen molar-refractivity contribution in [2.75, 3.05) is 19.7 Å². The maximum absolute atomic E-state index is 12.6. The average molecular weight is 268 g/mol. The number of hydrogen-bond donors (Lipinski definition) is 1. The van der Waals surface area contributed by atoms with E-state index in [1.807, 2.05) is 36.4 Å². The van der Waals surface area contributed by atoms with Gasteiger partial charge in [0.25, 0.3) is 0 Å². The van der Waals surface area contributed by atoms with Crippen LogP contribution in [0.5, 0.6) is 0 Å². The molecule has 0 radical (unpaired) electrons. The standard InChI is InChI=1S/C16H16N2O2/c19-16(15-11-18-8-9-20-15)14-6-2-1-5-13(14)12-4-3-7-17-10-12/h1-7,10,15,18H,8-9,11H2. The summed E-state index contributed by atoms with van der Waals surface area (Å²) < 4.78 is 5.56. The minimum Gasteiger partial charge on any atom is -0.367 e. The number of carbonyl (C=O) groups excluding carboxylic acids is 1. The molecule has 1 saturated heterocycles. The summed E-state index contributed by atoms with van der Waals surface area (Å²) >= 11 is 0. The summed E-state index contributed by atoms with van der Waals surface area (Å²) in [4.78, 5) is 16.7. The normalized spacial score (nSPS) is 18.7. The van der Waals surface area contributed by atoms with E-state index < -0.39 is 6.10 Å². The van der Waals surface area contributed by atoms with Gasteiger partial charge in [-0.3, -0.25) is 9.78 Å². The number of nitrogens with zero attached hydrogens (tertiary/aromatic N) is 1. The first kappa shape index (κ1) is 13.0. The Balaban J connectivity index is 1.95. The molecule has 20 heavy (non-hydrogen) atoms. The Morgan fingerprint density at radius 3 is 2.90 bits per heavy atom. The van der Waals surface area contributed by atoms with Crippen molar-refractivity contribution in [3.8, 4) is 11.1 Å². The van der Waals surface area contributed by atoms with Crippen molar-refractivity contribution in [3.63, 3.8) is 0 Å². The predicted molar refractivity (Wildman–Crippen MR) is 76.6 cm³/mol. The largest absolute Gasteiger partial charge is 0.367 e. The summed E-state index contributed by atoms with van der Waals surface area (Å²) in [5.74, 6) is 0.0247. The van der Waals surface area contributed by atoms with Crippen LogP contribution in [0.3, 0.4) is 0 Å². The fourth-order valence-electron chi connectivity index (χ4n) is 2.38. The van der Waals surface area contributed by atoms with E-state index in [1.165, 1.54) is 0 Å². The van der Waals surface area contributed by atoms with Crippen LogP contribution in [0, 0.1) is 0 Å². The summed E-state index contributed by atoms with van der Waals surface area (Å²) in [5.41, 5.74) is 2.54. The van der Waals surface area contributed by atoms with Crippen molar-refractivity contribution in [2.45, 2.75) is 6.10 Å². The SMILES string of the molecule is O=C(c1ccccc1-c1cccnc1)C1CNCCO1. The van der Waals surface area contributed by atoms with Crippen LogP contribution in [0.2, 0.25) is 0 Å². The molecule has 0 amide bonds. The molecule has 1 fully saturated rings. The molecule has 1 aliphatic rings. The lowest BCUT2D eigenvalue weighted by Crippen LogP contribution is -2.43. The number of rotatable bonds is 3. The fraction of sp³-hybridized carbons (Fsp3) is 0.250. The second-order valence-corrected chi connectivity index (χ2v) is 4.72. The lowest BCUT2D eigenvalue weighted by atomic mass is 9.95. The molecular weight excluding hydrogens is 252 g/mol. The third-order valence-electron chi connectivity index (χ3n) is 3.39. The van der Waals surface area contributed by atoms with E-state index >= 15 is 0 Å². The maximum atomic E-state index is 12.6. The highest BCUT2D eigenvalue weighted by Gasteiger charge is 2.25. The van der Waals surface area contributed by atoms with Crippen LogP contribution in [0.1, 0.15) is 10.4 Å². The minimum absolute atomic E-state index is 0.0247. The number of morpholine rings is 1. The van der Waals surface area contributed by atoms with Crippen LogP contribution in [0.15, 0.2) is 48.8 Å². The smallest absolute Gasteiger partial charge is 0.193 e. The highest BCUT2D eigenvalue weighted by molar-refractivity contribution is 6.05. The number of pyridine rings is 1. The van der Waals surface area contributed by atoms with E-state index in [0.717, 1.165) is 17.7 Å². The topological polar surface area (TPSA) is 51.2 Å². The Hall–Kier alpha value is -2.04. The van der Waals surface area contributed by atoms with Gasteiger partial charge in [0.1, 0.15) is 6.10 Å². The van der Waals surface area contributed by atoms with Crippen LogP contribution in [-0.2, 0) is 4.74 Å². The van der Waals surface area contributed by atoms with E-state index in [0.29, 0.717) is 18.7 Å². The highest BCUT2D eigenvalue weighted by atomic mass is 16.5. The Bertz CT molecular complexity index is 592. The summed E-state index contributed by atoms with van der Waals surface area (Å²) in [6, 6.07) is 11.4. The number of benzene rings is 1. The quantitative estimate of drug-likeness (QED) is 0.864. The van der Waals surface area contributed by atoms with Crippen LogP contribution >= 0.6 is 0 Å². The number of ketones is 1. The van der Waals surface area contributed by atoms with E-state index in [-0.39, 0.29) is 5.78 Å². The average Bonchev–Trinajstić information content (AvgIpc) is 2.56. The van der Waals surface area contributed by atoms with Gasteiger partial charge in [-0.25, -0.2) is 0 Å². The Morgan fingerprint density at radius 2 is 2.15 bits per heavy atom. The van der Waals surface area contributed by atoms with Crippen LogP contribution in [0.25, 0.3) is 11.1 Å². The Morgan fingerprint density at radius 1 is 1.25 bits per heavy atom. The van der Waals surface area contributed by atoms with Gasteiger partial charge in [0.05, 0.1) is 6.61 Å². The molecule has 2 aromatic rings. The molecule has 3 rings (SSSR count). The van der Waals surface area contributed by atoms with Crippen molar-refractivity contribution in [1.82, 2.24) is 10.3 Å². The molecular formula is C16H16N2O2. The number of nitrogens with one attached hydrogen (secondary N) is 1. The van der Waals surface area contributed by atoms with Crippen LogP contribution in [0.4, 0.5) is 0 Å². The first-order valence-electron chi connectivity index (χ1n) is 6.72. The Kier molecular flexibility index (Phi) is 3.85. The fourth-order valence-corrected chi connectivity index (χ4v) is 2.38. The molecule has 0 aliphatic carbocycles. The number of Topliss-reactive ketones (excluding diaryl/α,β-unsaturated/α-hetero) is 1. The molecule has 4 nitrogen and oxygen atoms in total. The summed E-state index contributed by atoms with van der Waals surface area (Å²) in [6.07, 6.45) is 3.09. The maximum Gasteiger partial charge on any atom is 0.193 e. The number of carbonyl (C=O) groups is 1. The number of ether oxygens (including phenoxy) is 1. The minimum atomic E-state index is -0.401. The summed E-state index contributed by atoms with van der Waals surface area (Å²) in [6.45, 7) is 1.94. The van der Waals surface area contributed by atoms with E-state index in [4.69, 9.17) is 4.74 Å². The van der Waals surface area contributed by atoms with Gasteiger partial charge in [0.2, 0.25) is 0 Å². The first-order valence-corrected chi connectivity index (χ1v) is 6.72. The third kappa shape index (κ3) is 2.61. The number of hydrogen-bond acceptors (Lipinski definition) is 4. The molecule has 1 aromatic heterocycles. The molecule has 1 unspecified atom stereocenters. The molecule has 2 heterocycles. The van der Waals surface area contributed by atoms with Crippen molar-refractivity contribution in [2.24, 2.45) is 0 Å². The Labute approximate surface area is 117 Å². The van der Waals surface area contributed by atoms with Gasteiger partial charge in [-0.05, 0) is 11.6 Å². The van der Waals surface area contributed by atoms with Gasteiger partial charge < -0.3 is 10.1 Å². The molecule has 4 heteroatoms. The van der Waals surface area contributed by atoms with Gasteiger partial charge in [-0.15, -0.1) is 0 Å². The van der Waals surface area contributed by atoms with Crippen LogP contribution in [-0.4, -0.2) is 36.6 Å². The van der Waals surface area contributed by atoms with Gasteiger partial charge in [0.15, 0.2) is 5.78 Å². The molecule has 102 valence electrons. The first-order chi connectivity index (χ1) is 9.86. The molecule has 0 bridgehead atoms. The predicted octanol–water partition coefficient (Wildman–Crippen LogP) is 1.92. The molecule has 1 N–H and O–H groups in total. The molecule has 0 spiro atoms. The zero-order valence-electron chi connectivity index (χ0n) is 11.1. The van der Waals surface area contributed by atoms with Crippen molar-refractivity contribution in [1.29, 1.82) is 0 Å². The highest BCUT2D eigenvalue weighted by Crippen LogP contribution is 2.24. The second-order valence-electron chi connectivity index (χ2n) is 4.72. The zero-order valence-corrected chi connectivity index (χ0v) is 11.1. The zero-order chi connectivity index (χ0) is 13.8. The molecule has 1 atom stereocenters. The van der Waals surface area contributed by atoms with Crippen LogP contribution < -0.4 is 5.32 Å². The molecule has 0 saturated carbocycles. The lowest BCUT2D eigenvalue weighted by Gasteiger charge is -2.23. The van der Waals surface area contributed by atoms with Gasteiger partial charge in [-0.1, -0.05) is 30.3 Å². The molecule has 1 aromatic carbocycles. The van der Waals surface area contributed by atoms with E-state index in [1.54, 1.807) is 12.4 Å². The van der Waals surface area contributed by atoms with Crippen molar-refractivity contribution in [3.05, 3.63) is 54.4 Å². The van der Waals surface area contributed by atoms with Gasteiger partial charge in [-0.2, -0.15) is 0 Å². The van der Waals surface area contributed by atoms with E-state index in [9.17, 15) is 4.79 Å². The lowest BCUT2D eigenvalue weighted by molar-refractivity contribution is 0.0270. The summed E-state index contributed by atoms with van der Waals surface area (Å²) in [7, 11) is 0. The number of aromatic nitrogens is 1. The second kappa shape index (κ2) is 5.94. The van der Waals surface area contributed by atoms with Crippen molar-refractivity contribution < 1.29 is 9.53 Å². The third-order valence-corrected chi connectivity index (χ3v) is 3.39. The van der Waals surface area contributed by atoms with E-state index in [2.05, 4.69) is 10.3 Å². The monoisotopic (exact) mass is 268 g/mol. The van der Waals surface area contributed by atoms with Crippen molar-refractivity contribution >= 4 is 5.78 Å². The molecule has 1 aliphatic heterocycles.